The van der Waals surface area contributed by atoms with E-state index in [1.807, 2.05) is 0 Å². The van der Waals surface area contributed by atoms with Gasteiger partial charge in [0, 0.05) is 25.0 Å². The molecule has 1 saturated heterocycles. The molecule has 3 atom stereocenters. The van der Waals surface area contributed by atoms with Crippen molar-refractivity contribution < 1.29 is 4.79 Å². The van der Waals surface area contributed by atoms with E-state index in [4.69, 9.17) is 5.73 Å². The molecule has 1 amide bonds. The zero-order valence-corrected chi connectivity index (χ0v) is 10.8. The number of hydrogen-bond donors (Lipinski definition) is 2. The summed E-state index contributed by atoms with van der Waals surface area (Å²) in [4.78, 5) is 14.0. The Morgan fingerprint density at radius 2 is 2.18 bits per heavy atom. The van der Waals surface area contributed by atoms with Gasteiger partial charge in [-0.3, -0.25) is 9.69 Å². The number of rotatable bonds is 3. The fraction of sp³-hybridized carbons (Fsp3) is 0.923. The van der Waals surface area contributed by atoms with Crippen LogP contribution in [0.25, 0.3) is 0 Å². The van der Waals surface area contributed by atoms with Crippen molar-refractivity contribution in [3.05, 3.63) is 0 Å². The third-order valence-corrected chi connectivity index (χ3v) is 4.48. The summed E-state index contributed by atoms with van der Waals surface area (Å²) in [5.74, 6) is 0.841. The van der Waals surface area contributed by atoms with E-state index in [-0.39, 0.29) is 5.91 Å². The van der Waals surface area contributed by atoms with Crippen molar-refractivity contribution in [1.29, 1.82) is 0 Å². The molecule has 98 valence electrons. The maximum absolute atomic E-state index is 11.6. The molecule has 2 fully saturated rings. The molecule has 2 rings (SSSR count). The molecule has 2 aliphatic rings. The van der Waals surface area contributed by atoms with Crippen LogP contribution in [0, 0.1) is 5.92 Å². The van der Waals surface area contributed by atoms with Crippen LogP contribution in [0.4, 0.5) is 0 Å². The topological polar surface area (TPSA) is 58.4 Å². The Labute approximate surface area is 104 Å². The van der Waals surface area contributed by atoms with E-state index in [9.17, 15) is 4.79 Å². The molecule has 1 saturated carbocycles. The average molecular weight is 239 g/mol. The van der Waals surface area contributed by atoms with E-state index in [0.717, 1.165) is 25.9 Å². The molecule has 1 heterocycles. The predicted molar refractivity (Wildman–Crippen MR) is 68.6 cm³/mol. The van der Waals surface area contributed by atoms with Gasteiger partial charge in [0.1, 0.15) is 0 Å². The zero-order chi connectivity index (χ0) is 12.3. The van der Waals surface area contributed by atoms with E-state index < -0.39 is 0 Å². The van der Waals surface area contributed by atoms with Crippen molar-refractivity contribution in [2.24, 2.45) is 11.7 Å². The molecule has 0 aromatic carbocycles. The van der Waals surface area contributed by atoms with Gasteiger partial charge in [0.05, 0.1) is 0 Å². The van der Waals surface area contributed by atoms with E-state index in [0.29, 0.717) is 24.4 Å². The average Bonchev–Trinajstić information content (AvgIpc) is 2.70. The van der Waals surface area contributed by atoms with Crippen molar-refractivity contribution in [2.75, 3.05) is 20.1 Å². The second-order valence-corrected chi connectivity index (χ2v) is 5.51. The first-order valence-corrected chi connectivity index (χ1v) is 6.91. The number of amides is 1. The number of hydrogen-bond acceptors (Lipinski definition) is 3. The largest absolute Gasteiger partial charge is 0.356 e. The third kappa shape index (κ3) is 2.99. The summed E-state index contributed by atoms with van der Waals surface area (Å²) >= 11 is 0. The van der Waals surface area contributed by atoms with Crippen LogP contribution in [0.3, 0.4) is 0 Å². The highest BCUT2D eigenvalue weighted by Crippen LogP contribution is 2.31. The summed E-state index contributed by atoms with van der Waals surface area (Å²) in [5.41, 5.74) is 5.84. The number of carbonyl (C=O) groups is 1. The number of carbonyl (C=O) groups excluding carboxylic acids is 1. The van der Waals surface area contributed by atoms with Crippen LogP contribution in [0.15, 0.2) is 0 Å². The van der Waals surface area contributed by atoms with Gasteiger partial charge in [-0.15, -0.1) is 0 Å². The van der Waals surface area contributed by atoms with Gasteiger partial charge in [0.25, 0.3) is 0 Å². The van der Waals surface area contributed by atoms with Crippen molar-refractivity contribution in [1.82, 2.24) is 10.2 Å². The molecule has 4 heteroatoms. The lowest BCUT2D eigenvalue weighted by Gasteiger charge is -2.35. The summed E-state index contributed by atoms with van der Waals surface area (Å²) < 4.78 is 0. The van der Waals surface area contributed by atoms with Gasteiger partial charge in [0.2, 0.25) is 5.91 Å². The van der Waals surface area contributed by atoms with Crippen molar-refractivity contribution >= 4 is 5.91 Å². The summed E-state index contributed by atoms with van der Waals surface area (Å²) in [6, 6.07) is 1.01. The first kappa shape index (κ1) is 12.8. The molecule has 3 unspecified atom stereocenters. The minimum atomic E-state index is 0.210. The molecule has 17 heavy (non-hydrogen) atoms. The third-order valence-electron chi connectivity index (χ3n) is 4.48. The summed E-state index contributed by atoms with van der Waals surface area (Å²) in [6.45, 7) is 1.63. The van der Waals surface area contributed by atoms with E-state index in [1.54, 1.807) is 0 Å². The summed E-state index contributed by atoms with van der Waals surface area (Å²) in [7, 11) is 2.18. The molecule has 0 radical (unpaired) electrons. The van der Waals surface area contributed by atoms with E-state index in [1.165, 1.54) is 19.3 Å². The van der Waals surface area contributed by atoms with Gasteiger partial charge in [-0.1, -0.05) is 6.42 Å². The minimum absolute atomic E-state index is 0.210. The predicted octanol–water partition coefficient (Wildman–Crippen LogP) is 0.714. The van der Waals surface area contributed by atoms with Crippen molar-refractivity contribution in [3.63, 3.8) is 0 Å². The fourth-order valence-electron chi connectivity index (χ4n) is 3.40. The highest BCUT2D eigenvalue weighted by Gasteiger charge is 2.33. The molecule has 0 spiro atoms. The van der Waals surface area contributed by atoms with Crippen molar-refractivity contribution in [2.45, 2.75) is 50.6 Å². The Kier molecular flexibility index (Phi) is 4.40. The monoisotopic (exact) mass is 239 g/mol. The van der Waals surface area contributed by atoms with Crippen LogP contribution >= 0.6 is 0 Å². The van der Waals surface area contributed by atoms with Crippen LogP contribution in [-0.4, -0.2) is 43.0 Å². The number of nitrogens with zero attached hydrogens (tertiary/aromatic N) is 1. The molecular formula is C13H25N3O. The SMILES string of the molecule is CN(C1CCCNC(=O)C1)C1CCCC1CN. The lowest BCUT2D eigenvalue weighted by atomic mass is 9.98. The van der Waals surface area contributed by atoms with Crippen LogP contribution in [0.1, 0.15) is 38.5 Å². The zero-order valence-electron chi connectivity index (χ0n) is 10.8. The van der Waals surface area contributed by atoms with Gasteiger partial charge < -0.3 is 11.1 Å². The highest BCUT2D eigenvalue weighted by atomic mass is 16.1. The lowest BCUT2D eigenvalue weighted by molar-refractivity contribution is -0.121. The maximum atomic E-state index is 11.6. The minimum Gasteiger partial charge on any atom is -0.356 e. The van der Waals surface area contributed by atoms with Crippen LogP contribution in [0.5, 0.6) is 0 Å². The Balaban J connectivity index is 1.97. The van der Waals surface area contributed by atoms with Crippen LogP contribution in [-0.2, 0) is 4.79 Å². The van der Waals surface area contributed by atoms with Gasteiger partial charge in [-0.25, -0.2) is 0 Å². The smallest absolute Gasteiger partial charge is 0.221 e. The van der Waals surface area contributed by atoms with Crippen molar-refractivity contribution in [3.8, 4) is 0 Å². The van der Waals surface area contributed by atoms with Gasteiger partial charge in [-0.2, -0.15) is 0 Å². The first-order valence-electron chi connectivity index (χ1n) is 6.91. The summed E-state index contributed by atoms with van der Waals surface area (Å²) in [5, 5.41) is 2.95. The molecule has 3 N–H and O–H groups in total. The molecule has 4 nitrogen and oxygen atoms in total. The molecule has 1 aliphatic carbocycles. The quantitative estimate of drug-likeness (QED) is 0.763. The summed E-state index contributed by atoms with van der Waals surface area (Å²) in [6.07, 6.45) is 6.67. The standard InChI is InChI=1S/C13H25N3O/c1-16(12-6-2-4-10(12)9-14)11-5-3-7-15-13(17)8-11/h10-12H,2-9,14H2,1H3,(H,15,17). The second kappa shape index (κ2) is 5.83. The van der Waals surface area contributed by atoms with E-state index >= 15 is 0 Å². The Bertz CT molecular complexity index is 269. The molecular weight excluding hydrogens is 214 g/mol. The van der Waals surface area contributed by atoms with Crippen LogP contribution < -0.4 is 11.1 Å². The maximum Gasteiger partial charge on any atom is 0.221 e. The second-order valence-electron chi connectivity index (χ2n) is 5.51. The van der Waals surface area contributed by atoms with E-state index in [2.05, 4.69) is 17.3 Å². The van der Waals surface area contributed by atoms with Crippen LogP contribution in [0.2, 0.25) is 0 Å². The van der Waals surface area contributed by atoms with Gasteiger partial charge >= 0.3 is 0 Å². The van der Waals surface area contributed by atoms with Gasteiger partial charge in [-0.05, 0) is 45.2 Å². The first-order chi connectivity index (χ1) is 8.22. The highest BCUT2D eigenvalue weighted by molar-refractivity contribution is 5.76. The molecule has 0 aromatic heterocycles. The lowest BCUT2D eigenvalue weighted by Crippen LogP contribution is -2.44. The van der Waals surface area contributed by atoms with Gasteiger partial charge in [0.15, 0.2) is 0 Å². The Hall–Kier alpha value is -0.610. The number of nitrogens with one attached hydrogen (secondary N) is 1. The molecule has 0 aromatic rings. The molecule has 0 bridgehead atoms. The Morgan fingerprint density at radius 3 is 2.94 bits per heavy atom. The normalized spacial score (nSPS) is 34.8. The molecule has 1 aliphatic heterocycles. The number of nitrogens with two attached hydrogens (primary N) is 1. The fourth-order valence-corrected chi connectivity index (χ4v) is 3.40. The Morgan fingerprint density at radius 1 is 1.35 bits per heavy atom.